The molecule has 35 heavy (non-hydrogen) atoms. The lowest BCUT2D eigenvalue weighted by Crippen LogP contribution is -2.32. The fourth-order valence-corrected chi connectivity index (χ4v) is 5.43. The maximum atomic E-state index is 13.3. The lowest BCUT2D eigenvalue weighted by molar-refractivity contribution is 0.0758. The monoisotopic (exact) mass is 515 g/mol. The van der Waals surface area contributed by atoms with Crippen molar-refractivity contribution < 1.29 is 17.9 Å². The van der Waals surface area contributed by atoms with Gasteiger partial charge in [-0.05, 0) is 47.9 Å². The Bertz CT molecular complexity index is 1280. The smallest absolute Gasteiger partial charge is 0.254 e. The first-order chi connectivity index (χ1) is 16.6. The van der Waals surface area contributed by atoms with E-state index in [1.807, 2.05) is 13.8 Å². The van der Waals surface area contributed by atoms with E-state index in [0.29, 0.717) is 40.7 Å². The van der Waals surface area contributed by atoms with Crippen LogP contribution in [0.4, 0.5) is 0 Å². The van der Waals surface area contributed by atoms with Crippen molar-refractivity contribution in [2.45, 2.75) is 37.8 Å². The van der Waals surface area contributed by atoms with Gasteiger partial charge in [0.25, 0.3) is 5.91 Å². The van der Waals surface area contributed by atoms with Crippen molar-refractivity contribution in [3.8, 4) is 5.75 Å². The predicted molar refractivity (Wildman–Crippen MR) is 137 cm³/mol. The number of carbonyl (C=O) groups is 1. The number of methoxy groups -OCH3 is 1. The van der Waals surface area contributed by atoms with Crippen LogP contribution in [0, 0.1) is 5.92 Å². The van der Waals surface area contributed by atoms with Gasteiger partial charge < -0.3 is 14.2 Å². The van der Waals surface area contributed by atoms with Crippen molar-refractivity contribution in [3.05, 3.63) is 89.2 Å². The van der Waals surface area contributed by atoms with Crippen LogP contribution in [-0.4, -0.2) is 42.4 Å². The molecule has 2 aromatic carbocycles. The predicted octanol–water partition coefficient (Wildman–Crippen LogP) is 5.00. The minimum absolute atomic E-state index is 0.0170. The van der Waals surface area contributed by atoms with E-state index < -0.39 is 9.84 Å². The van der Waals surface area contributed by atoms with Crippen LogP contribution in [0.5, 0.6) is 5.75 Å². The molecule has 9 heteroatoms. The summed E-state index contributed by atoms with van der Waals surface area (Å²) in [4.78, 5) is 19.1. The normalized spacial score (nSPS) is 11.5. The molecular formula is C26H30ClN3O4S. The zero-order valence-corrected chi connectivity index (χ0v) is 21.7. The Balaban J connectivity index is 1.94. The summed E-state index contributed by atoms with van der Waals surface area (Å²) in [5.41, 5.74) is 1.71. The number of aromatic nitrogens is 2. The molecule has 3 rings (SSSR count). The van der Waals surface area contributed by atoms with Crippen LogP contribution in [0.2, 0.25) is 5.02 Å². The van der Waals surface area contributed by atoms with Gasteiger partial charge >= 0.3 is 0 Å². The van der Waals surface area contributed by atoms with E-state index in [9.17, 15) is 13.2 Å². The molecule has 0 unspecified atom stereocenters. The topological polar surface area (TPSA) is 81.5 Å². The number of ether oxygens (including phenoxy) is 1. The van der Waals surface area contributed by atoms with E-state index in [0.717, 1.165) is 0 Å². The summed E-state index contributed by atoms with van der Waals surface area (Å²) in [5, 5.41) is 0.456. The second kappa shape index (κ2) is 11.6. The number of imidazole rings is 1. The lowest BCUT2D eigenvalue weighted by Gasteiger charge is -2.23. The van der Waals surface area contributed by atoms with Gasteiger partial charge in [-0.25, -0.2) is 13.4 Å². The van der Waals surface area contributed by atoms with E-state index in [2.05, 4.69) is 11.6 Å². The Hall–Kier alpha value is -3.10. The highest BCUT2D eigenvalue weighted by Crippen LogP contribution is 2.22. The van der Waals surface area contributed by atoms with Gasteiger partial charge in [-0.2, -0.15) is 0 Å². The zero-order chi connectivity index (χ0) is 25.6. The fraction of sp³-hybridized carbons (Fsp3) is 0.308. The number of sulfone groups is 1. The molecule has 7 nitrogen and oxygen atoms in total. The standard InChI is InChI=1S/C26H30ClN3O4S/c1-5-13-29(25(31)21-9-11-24(34-4)12-10-21)17-23-15-28-26(30(23)16-19(2)3)35(32,33)18-20-7-6-8-22(27)14-20/h5-12,14-15,19H,1,13,16-18H2,2-4H3. The van der Waals surface area contributed by atoms with Crippen LogP contribution >= 0.6 is 11.6 Å². The molecule has 0 aliphatic heterocycles. The highest BCUT2D eigenvalue weighted by atomic mass is 35.5. The number of benzene rings is 2. The molecule has 0 atom stereocenters. The molecule has 0 saturated carbocycles. The summed E-state index contributed by atoms with van der Waals surface area (Å²) in [6, 6.07) is 13.6. The van der Waals surface area contributed by atoms with Crippen LogP contribution in [0.3, 0.4) is 0 Å². The zero-order valence-electron chi connectivity index (χ0n) is 20.1. The van der Waals surface area contributed by atoms with E-state index in [1.165, 1.54) is 6.20 Å². The molecule has 1 amide bonds. The summed E-state index contributed by atoms with van der Waals surface area (Å²) in [7, 11) is -2.19. The molecule has 3 aromatic rings. The Labute approximate surface area is 211 Å². The van der Waals surface area contributed by atoms with E-state index in [4.69, 9.17) is 16.3 Å². The largest absolute Gasteiger partial charge is 0.497 e. The van der Waals surface area contributed by atoms with Gasteiger partial charge in [0, 0.05) is 23.7 Å². The second-order valence-electron chi connectivity index (χ2n) is 8.63. The summed E-state index contributed by atoms with van der Waals surface area (Å²) in [6.45, 7) is 8.69. The molecule has 0 aliphatic carbocycles. The molecule has 0 bridgehead atoms. The molecule has 1 aromatic heterocycles. The average Bonchev–Trinajstić information content (AvgIpc) is 3.20. The first-order valence-electron chi connectivity index (χ1n) is 11.2. The first kappa shape index (κ1) is 26.5. The van der Waals surface area contributed by atoms with E-state index >= 15 is 0 Å². The highest BCUT2D eigenvalue weighted by Gasteiger charge is 2.26. The number of amides is 1. The molecule has 186 valence electrons. The van der Waals surface area contributed by atoms with Crippen molar-refractivity contribution in [3.63, 3.8) is 0 Å². The molecule has 0 spiro atoms. The first-order valence-corrected chi connectivity index (χ1v) is 13.2. The molecular weight excluding hydrogens is 486 g/mol. The van der Waals surface area contributed by atoms with Gasteiger partial charge in [0.15, 0.2) is 0 Å². The lowest BCUT2D eigenvalue weighted by atomic mass is 10.2. The summed E-state index contributed by atoms with van der Waals surface area (Å²) >= 11 is 6.04. The van der Waals surface area contributed by atoms with Gasteiger partial charge in [0.05, 0.1) is 31.3 Å². The SMILES string of the molecule is C=CCN(Cc1cnc(S(=O)(=O)Cc2cccc(Cl)c2)n1CC(C)C)C(=O)c1ccc(OC)cc1. The molecule has 0 saturated heterocycles. The molecule has 1 heterocycles. The van der Waals surface area contributed by atoms with Crippen LogP contribution in [0.15, 0.2) is 72.5 Å². The third-order valence-electron chi connectivity index (χ3n) is 5.30. The summed E-state index contributed by atoms with van der Waals surface area (Å²) in [5.74, 6) is 0.395. The quantitative estimate of drug-likeness (QED) is 0.335. The Morgan fingerprint density at radius 3 is 2.54 bits per heavy atom. The van der Waals surface area contributed by atoms with E-state index in [1.54, 1.807) is 71.2 Å². The second-order valence-corrected chi connectivity index (χ2v) is 10.9. The Morgan fingerprint density at radius 1 is 1.23 bits per heavy atom. The number of nitrogens with zero attached hydrogens (tertiary/aromatic N) is 3. The van der Waals surface area contributed by atoms with Gasteiger partial charge in [-0.1, -0.05) is 43.7 Å². The molecule has 0 aliphatic rings. The number of halogens is 1. The Kier molecular flexibility index (Phi) is 8.75. The van der Waals surface area contributed by atoms with Crippen molar-refractivity contribution in [2.24, 2.45) is 5.92 Å². The highest BCUT2D eigenvalue weighted by molar-refractivity contribution is 7.90. The number of carbonyl (C=O) groups excluding carboxylic acids is 1. The van der Waals surface area contributed by atoms with Gasteiger partial charge in [0.2, 0.25) is 15.0 Å². The van der Waals surface area contributed by atoms with Gasteiger partial charge in [-0.3, -0.25) is 4.79 Å². The number of rotatable bonds is 11. The third-order valence-corrected chi connectivity index (χ3v) is 7.13. The third kappa shape index (κ3) is 6.74. The van der Waals surface area contributed by atoms with Crippen LogP contribution < -0.4 is 4.74 Å². The van der Waals surface area contributed by atoms with Crippen LogP contribution in [0.25, 0.3) is 0 Å². The van der Waals surface area contributed by atoms with Crippen molar-refractivity contribution in [2.75, 3.05) is 13.7 Å². The minimum Gasteiger partial charge on any atom is -0.497 e. The molecule has 0 fully saturated rings. The van der Waals surface area contributed by atoms with E-state index in [-0.39, 0.29) is 29.3 Å². The fourth-order valence-electron chi connectivity index (χ4n) is 3.72. The van der Waals surface area contributed by atoms with Crippen molar-refractivity contribution in [1.29, 1.82) is 0 Å². The maximum absolute atomic E-state index is 13.3. The van der Waals surface area contributed by atoms with Crippen molar-refractivity contribution >= 4 is 27.3 Å². The minimum atomic E-state index is -3.76. The molecule has 0 N–H and O–H groups in total. The maximum Gasteiger partial charge on any atom is 0.254 e. The van der Waals surface area contributed by atoms with Gasteiger partial charge in [0.1, 0.15) is 5.75 Å². The van der Waals surface area contributed by atoms with Crippen LogP contribution in [0.1, 0.15) is 35.5 Å². The molecule has 0 radical (unpaired) electrons. The average molecular weight is 516 g/mol. The van der Waals surface area contributed by atoms with Gasteiger partial charge in [-0.15, -0.1) is 6.58 Å². The number of hydrogen-bond acceptors (Lipinski definition) is 5. The number of hydrogen-bond donors (Lipinski definition) is 0. The Morgan fingerprint density at radius 2 is 1.94 bits per heavy atom. The van der Waals surface area contributed by atoms with Crippen LogP contribution in [-0.2, 0) is 28.7 Å². The summed E-state index contributed by atoms with van der Waals surface area (Å²) in [6.07, 6.45) is 3.17. The van der Waals surface area contributed by atoms with Crippen molar-refractivity contribution in [1.82, 2.24) is 14.5 Å². The summed E-state index contributed by atoms with van der Waals surface area (Å²) < 4.78 is 33.5.